The van der Waals surface area contributed by atoms with Crippen LogP contribution in [0.5, 0.6) is 5.75 Å². The molecule has 0 aromatic carbocycles. The third-order valence-electron chi connectivity index (χ3n) is 2.79. The van der Waals surface area contributed by atoms with Crippen molar-refractivity contribution >= 4 is 0 Å². The van der Waals surface area contributed by atoms with Crippen LogP contribution in [-0.2, 0) is 6.42 Å². The highest BCUT2D eigenvalue weighted by Crippen LogP contribution is 2.13. The van der Waals surface area contributed by atoms with E-state index in [1.165, 1.54) is 18.4 Å². The van der Waals surface area contributed by atoms with Crippen molar-refractivity contribution in [1.82, 2.24) is 10.3 Å². The molecule has 0 amide bonds. The molecule has 0 radical (unpaired) electrons. The second-order valence-electron chi connectivity index (χ2n) is 3.99. The highest BCUT2D eigenvalue weighted by atomic mass is 16.5. The quantitative estimate of drug-likeness (QED) is 0.815. The van der Waals surface area contributed by atoms with Gasteiger partial charge in [0.25, 0.3) is 0 Å². The molecule has 1 aromatic heterocycles. The van der Waals surface area contributed by atoms with Gasteiger partial charge in [-0.1, -0.05) is 6.92 Å². The summed E-state index contributed by atoms with van der Waals surface area (Å²) in [5.41, 5.74) is 1.23. The lowest BCUT2D eigenvalue weighted by molar-refractivity contribution is 0.276. The zero-order chi connectivity index (χ0) is 10.5. The SMILES string of the molecule is CCc1cncc(OCC2CCCN2)c1. The Balaban J connectivity index is 1.86. The third-order valence-corrected chi connectivity index (χ3v) is 2.79. The highest BCUT2D eigenvalue weighted by Gasteiger charge is 2.14. The van der Waals surface area contributed by atoms with E-state index >= 15 is 0 Å². The molecule has 1 atom stereocenters. The molecular weight excluding hydrogens is 188 g/mol. The van der Waals surface area contributed by atoms with Gasteiger partial charge in [-0.05, 0) is 37.4 Å². The van der Waals surface area contributed by atoms with Crippen LogP contribution in [0.3, 0.4) is 0 Å². The van der Waals surface area contributed by atoms with Crippen LogP contribution < -0.4 is 10.1 Å². The summed E-state index contributed by atoms with van der Waals surface area (Å²) in [5.74, 6) is 0.892. The molecule has 0 aliphatic carbocycles. The Bertz CT molecular complexity index is 308. The molecule has 3 heteroatoms. The predicted molar refractivity (Wildman–Crippen MR) is 60.1 cm³/mol. The van der Waals surface area contributed by atoms with E-state index in [1.54, 1.807) is 6.20 Å². The molecule has 0 saturated carbocycles. The largest absolute Gasteiger partial charge is 0.490 e. The molecule has 1 aliphatic heterocycles. The lowest BCUT2D eigenvalue weighted by Crippen LogP contribution is -2.28. The molecule has 0 bridgehead atoms. The van der Waals surface area contributed by atoms with E-state index in [0.29, 0.717) is 6.04 Å². The smallest absolute Gasteiger partial charge is 0.137 e. The molecule has 1 aliphatic rings. The highest BCUT2D eigenvalue weighted by molar-refractivity contribution is 5.23. The van der Waals surface area contributed by atoms with Gasteiger partial charge in [0.05, 0.1) is 6.20 Å². The number of aryl methyl sites for hydroxylation is 1. The van der Waals surface area contributed by atoms with Gasteiger partial charge in [0.15, 0.2) is 0 Å². The minimum atomic E-state index is 0.523. The summed E-state index contributed by atoms with van der Waals surface area (Å²) in [4.78, 5) is 4.16. The van der Waals surface area contributed by atoms with Crippen molar-refractivity contribution < 1.29 is 4.74 Å². The van der Waals surface area contributed by atoms with Crippen LogP contribution in [0.2, 0.25) is 0 Å². The van der Waals surface area contributed by atoms with Gasteiger partial charge in [0, 0.05) is 12.2 Å². The van der Waals surface area contributed by atoms with Gasteiger partial charge < -0.3 is 10.1 Å². The van der Waals surface area contributed by atoms with Crippen LogP contribution in [0.25, 0.3) is 0 Å². The second-order valence-corrected chi connectivity index (χ2v) is 3.99. The number of hydrogen-bond acceptors (Lipinski definition) is 3. The molecule has 1 aromatic rings. The monoisotopic (exact) mass is 206 g/mol. The van der Waals surface area contributed by atoms with E-state index in [2.05, 4.69) is 23.3 Å². The summed E-state index contributed by atoms with van der Waals surface area (Å²) in [6.45, 7) is 4.01. The maximum Gasteiger partial charge on any atom is 0.137 e. The predicted octanol–water partition coefficient (Wildman–Crippen LogP) is 1.77. The summed E-state index contributed by atoms with van der Waals surface area (Å²) >= 11 is 0. The van der Waals surface area contributed by atoms with Gasteiger partial charge >= 0.3 is 0 Å². The molecule has 3 nitrogen and oxygen atoms in total. The summed E-state index contributed by atoms with van der Waals surface area (Å²) in [6, 6.07) is 2.59. The maximum absolute atomic E-state index is 5.71. The van der Waals surface area contributed by atoms with Crippen LogP contribution in [-0.4, -0.2) is 24.2 Å². The van der Waals surface area contributed by atoms with Gasteiger partial charge in [-0.25, -0.2) is 0 Å². The number of ether oxygens (including phenoxy) is 1. The van der Waals surface area contributed by atoms with Crippen molar-refractivity contribution in [3.8, 4) is 5.75 Å². The Morgan fingerprint density at radius 1 is 1.53 bits per heavy atom. The molecule has 82 valence electrons. The molecule has 2 heterocycles. The fraction of sp³-hybridized carbons (Fsp3) is 0.583. The van der Waals surface area contributed by atoms with Crippen molar-refractivity contribution in [2.45, 2.75) is 32.2 Å². The van der Waals surface area contributed by atoms with Gasteiger partial charge in [-0.3, -0.25) is 4.98 Å². The minimum Gasteiger partial charge on any atom is -0.490 e. The van der Waals surface area contributed by atoms with Crippen LogP contribution in [0.1, 0.15) is 25.3 Å². The normalized spacial score (nSPS) is 20.5. The van der Waals surface area contributed by atoms with Gasteiger partial charge in [-0.2, -0.15) is 0 Å². The van der Waals surface area contributed by atoms with E-state index in [9.17, 15) is 0 Å². The first kappa shape index (κ1) is 10.4. The summed E-state index contributed by atoms with van der Waals surface area (Å²) in [5, 5.41) is 3.41. The first-order chi connectivity index (χ1) is 7.38. The second kappa shape index (κ2) is 5.12. The van der Waals surface area contributed by atoms with Crippen LogP contribution in [0, 0.1) is 0 Å². The van der Waals surface area contributed by atoms with Crippen molar-refractivity contribution in [2.75, 3.05) is 13.2 Å². The van der Waals surface area contributed by atoms with Crippen molar-refractivity contribution in [3.05, 3.63) is 24.0 Å². The first-order valence-corrected chi connectivity index (χ1v) is 5.68. The molecule has 0 spiro atoms. The standard InChI is InChI=1S/C12H18N2O/c1-2-10-6-12(8-13-7-10)15-9-11-4-3-5-14-11/h6-8,11,14H,2-5,9H2,1H3. The van der Waals surface area contributed by atoms with Crippen molar-refractivity contribution in [3.63, 3.8) is 0 Å². The average molecular weight is 206 g/mol. The maximum atomic E-state index is 5.71. The molecule has 1 fully saturated rings. The topological polar surface area (TPSA) is 34.1 Å². The number of aromatic nitrogens is 1. The van der Waals surface area contributed by atoms with Gasteiger partial charge in [0.2, 0.25) is 0 Å². The van der Waals surface area contributed by atoms with Crippen LogP contribution in [0.4, 0.5) is 0 Å². The molecular formula is C12H18N2O. The Hall–Kier alpha value is -1.09. The third kappa shape index (κ3) is 2.93. The Kier molecular flexibility index (Phi) is 3.56. The lowest BCUT2D eigenvalue weighted by atomic mass is 10.2. The fourth-order valence-electron chi connectivity index (χ4n) is 1.83. The van der Waals surface area contributed by atoms with Gasteiger partial charge in [-0.15, -0.1) is 0 Å². The number of nitrogens with one attached hydrogen (secondary N) is 1. The minimum absolute atomic E-state index is 0.523. The average Bonchev–Trinajstić information content (AvgIpc) is 2.79. The van der Waals surface area contributed by atoms with Crippen LogP contribution >= 0.6 is 0 Å². The molecule has 1 N–H and O–H groups in total. The van der Waals surface area contributed by atoms with E-state index in [-0.39, 0.29) is 0 Å². The number of rotatable bonds is 4. The lowest BCUT2D eigenvalue weighted by Gasteiger charge is -2.12. The Labute approximate surface area is 90.9 Å². The summed E-state index contributed by atoms with van der Waals surface area (Å²) < 4.78 is 5.71. The Morgan fingerprint density at radius 2 is 2.47 bits per heavy atom. The molecule has 1 unspecified atom stereocenters. The van der Waals surface area contributed by atoms with Gasteiger partial charge in [0.1, 0.15) is 12.4 Å². The van der Waals surface area contributed by atoms with E-state index in [0.717, 1.165) is 25.3 Å². The van der Waals surface area contributed by atoms with E-state index in [1.807, 2.05) is 6.20 Å². The summed E-state index contributed by atoms with van der Waals surface area (Å²) in [6.07, 6.45) is 7.17. The first-order valence-electron chi connectivity index (χ1n) is 5.68. The number of hydrogen-bond donors (Lipinski definition) is 1. The van der Waals surface area contributed by atoms with Crippen molar-refractivity contribution in [1.29, 1.82) is 0 Å². The van der Waals surface area contributed by atoms with Crippen LogP contribution in [0.15, 0.2) is 18.5 Å². The van der Waals surface area contributed by atoms with E-state index in [4.69, 9.17) is 4.74 Å². The summed E-state index contributed by atoms with van der Waals surface area (Å²) in [7, 11) is 0. The van der Waals surface area contributed by atoms with Crippen molar-refractivity contribution in [2.24, 2.45) is 0 Å². The zero-order valence-electron chi connectivity index (χ0n) is 9.20. The molecule has 15 heavy (non-hydrogen) atoms. The molecule has 1 saturated heterocycles. The number of nitrogens with zero attached hydrogens (tertiary/aromatic N) is 1. The Morgan fingerprint density at radius 3 is 3.20 bits per heavy atom. The van der Waals surface area contributed by atoms with E-state index < -0.39 is 0 Å². The number of pyridine rings is 1. The molecule has 2 rings (SSSR count). The zero-order valence-corrected chi connectivity index (χ0v) is 9.20. The fourth-order valence-corrected chi connectivity index (χ4v) is 1.83.